The van der Waals surface area contributed by atoms with Gasteiger partial charge in [0.1, 0.15) is 5.82 Å². The summed E-state index contributed by atoms with van der Waals surface area (Å²) in [6.45, 7) is 4.28. The molecule has 3 aromatic rings. The van der Waals surface area contributed by atoms with E-state index in [9.17, 15) is 0 Å². The molecule has 0 unspecified atom stereocenters. The zero-order valence-electron chi connectivity index (χ0n) is 13.8. The molecule has 1 heterocycles. The molecular formula is C20H18N4. The van der Waals surface area contributed by atoms with Gasteiger partial charge in [-0.2, -0.15) is 5.26 Å². The zero-order chi connectivity index (χ0) is 16.9. The smallest absolute Gasteiger partial charge is 0.163 e. The van der Waals surface area contributed by atoms with Crippen LogP contribution in [0.1, 0.15) is 25.2 Å². The minimum absolute atomic E-state index is 0.453. The fourth-order valence-electron chi connectivity index (χ4n) is 2.45. The lowest BCUT2D eigenvalue weighted by atomic mass is 10.1. The van der Waals surface area contributed by atoms with Gasteiger partial charge >= 0.3 is 0 Å². The van der Waals surface area contributed by atoms with E-state index in [1.165, 1.54) is 0 Å². The van der Waals surface area contributed by atoms with Gasteiger partial charge in [0.05, 0.1) is 11.6 Å². The van der Waals surface area contributed by atoms with E-state index in [1.54, 1.807) is 6.07 Å². The van der Waals surface area contributed by atoms with Crippen molar-refractivity contribution in [2.24, 2.45) is 5.92 Å². The van der Waals surface area contributed by atoms with Crippen molar-refractivity contribution < 1.29 is 0 Å². The molecule has 4 nitrogen and oxygen atoms in total. The van der Waals surface area contributed by atoms with Crippen LogP contribution in [-0.2, 0) is 6.42 Å². The third-order valence-electron chi connectivity index (χ3n) is 3.55. The van der Waals surface area contributed by atoms with Crippen molar-refractivity contribution in [1.82, 2.24) is 15.0 Å². The summed E-state index contributed by atoms with van der Waals surface area (Å²) >= 11 is 0. The van der Waals surface area contributed by atoms with E-state index >= 15 is 0 Å². The van der Waals surface area contributed by atoms with Crippen LogP contribution in [0.5, 0.6) is 0 Å². The van der Waals surface area contributed by atoms with E-state index in [2.05, 4.69) is 34.9 Å². The van der Waals surface area contributed by atoms with Crippen molar-refractivity contribution in [1.29, 1.82) is 5.26 Å². The number of nitriles is 1. The van der Waals surface area contributed by atoms with Crippen LogP contribution in [-0.4, -0.2) is 15.0 Å². The van der Waals surface area contributed by atoms with Crippen molar-refractivity contribution in [2.75, 3.05) is 0 Å². The first kappa shape index (κ1) is 15.8. The van der Waals surface area contributed by atoms with E-state index in [0.717, 1.165) is 23.4 Å². The van der Waals surface area contributed by atoms with Crippen LogP contribution in [0.25, 0.3) is 22.8 Å². The lowest BCUT2D eigenvalue weighted by molar-refractivity contribution is 0.619. The monoisotopic (exact) mass is 314 g/mol. The van der Waals surface area contributed by atoms with Crippen LogP contribution < -0.4 is 0 Å². The van der Waals surface area contributed by atoms with Crippen LogP contribution in [0.3, 0.4) is 0 Å². The van der Waals surface area contributed by atoms with Crippen LogP contribution in [0.4, 0.5) is 0 Å². The van der Waals surface area contributed by atoms with Crippen molar-refractivity contribution in [2.45, 2.75) is 20.3 Å². The molecule has 0 bridgehead atoms. The van der Waals surface area contributed by atoms with Crippen molar-refractivity contribution in [3.63, 3.8) is 0 Å². The highest BCUT2D eigenvalue weighted by Gasteiger charge is 2.11. The molecule has 118 valence electrons. The van der Waals surface area contributed by atoms with E-state index < -0.39 is 0 Å². The molecule has 0 radical (unpaired) electrons. The van der Waals surface area contributed by atoms with Gasteiger partial charge in [0.25, 0.3) is 0 Å². The van der Waals surface area contributed by atoms with E-state index in [1.807, 2.05) is 48.5 Å². The first-order valence-corrected chi connectivity index (χ1v) is 7.96. The molecule has 2 aromatic carbocycles. The minimum atomic E-state index is 0.453. The molecule has 0 saturated heterocycles. The summed E-state index contributed by atoms with van der Waals surface area (Å²) in [5, 5.41) is 9.11. The number of aromatic nitrogens is 3. The molecule has 0 spiro atoms. The third kappa shape index (κ3) is 3.64. The first-order valence-electron chi connectivity index (χ1n) is 7.96. The molecule has 0 atom stereocenters. The summed E-state index contributed by atoms with van der Waals surface area (Å²) in [5.74, 6) is 2.50. The van der Waals surface area contributed by atoms with Crippen LogP contribution in [0.2, 0.25) is 0 Å². The predicted molar refractivity (Wildman–Crippen MR) is 94.0 cm³/mol. The second-order valence-corrected chi connectivity index (χ2v) is 6.06. The molecule has 0 saturated carbocycles. The Hall–Kier alpha value is -3.06. The second kappa shape index (κ2) is 7.01. The maximum Gasteiger partial charge on any atom is 0.163 e. The Labute approximate surface area is 141 Å². The van der Waals surface area contributed by atoms with Gasteiger partial charge in [-0.25, -0.2) is 15.0 Å². The Morgan fingerprint density at radius 3 is 2.21 bits per heavy atom. The fourth-order valence-corrected chi connectivity index (χ4v) is 2.45. The Morgan fingerprint density at radius 1 is 0.875 bits per heavy atom. The summed E-state index contributed by atoms with van der Waals surface area (Å²) < 4.78 is 0. The lowest BCUT2D eigenvalue weighted by Crippen LogP contribution is -2.06. The molecule has 0 aliphatic heterocycles. The number of benzene rings is 2. The van der Waals surface area contributed by atoms with Crippen LogP contribution in [0, 0.1) is 17.2 Å². The van der Waals surface area contributed by atoms with Gasteiger partial charge in [-0.05, 0) is 18.1 Å². The van der Waals surface area contributed by atoms with Crippen LogP contribution in [0.15, 0.2) is 54.6 Å². The molecule has 3 rings (SSSR count). The van der Waals surface area contributed by atoms with E-state index in [-0.39, 0.29) is 0 Å². The number of hydrogen-bond acceptors (Lipinski definition) is 4. The SMILES string of the molecule is CC(C)Cc1nc(-c2ccccc2)nc(-c2cccc(C#N)c2)n1. The standard InChI is InChI=1S/C20H18N4/c1-14(2)11-18-22-19(16-8-4-3-5-9-16)24-20(23-18)17-10-6-7-15(12-17)13-21/h3-10,12,14H,11H2,1-2H3. The molecule has 4 heteroatoms. The predicted octanol–water partition coefficient (Wildman–Crippen LogP) is 4.28. The van der Waals surface area contributed by atoms with Gasteiger partial charge in [0.15, 0.2) is 11.6 Å². The maximum atomic E-state index is 9.11. The highest BCUT2D eigenvalue weighted by molar-refractivity contribution is 5.62. The highest BCUT2D eigenvalue weighted by atomic mass is 15.0. The molecule has 1 aromatic heterocycles. The molecule has 0 N–H and O–H groups in total. The lowest BCUT2D eigenvalue weighted by Gasteiger charge is -2.09. The highest BCUT2D eigenvalue weighted by Crippen LogP contribution is 2.21. The maximum absolute atomic E-state index is 9.11. The summed E-state index contributed by atoms with van der Waals surface area (Å²) in [5.41, 5.74) is 2.39. The minimum Gasteiger partial charge on any atom is -0.213 e. The fraction of sp³-hybridized carbons (Fsp3) is 0.200. The summed E-state index contributed by atoms with van der Waals surface area (Å²) in [6.07, 6.45) is 0.785. The Kier molecular flexibility index (Phi) is 4.62. The van der Waals surface area contributed by atoms with Gasteiger partial charge in [-0.15, -0.1) is 0 Å². The largest absolute Gasteiger partial charge is 0.213 e. The van der Waals surface area contributed by atoms with Crippen molar-refractivity contribution in [3.8, 4) is 28.8 Å². The topological polar surface area (TPSA) is 62.5 Å². The third-order valence-corrected chi connectivity index (χ3v) is 3.55. The summed E-state index contributed by atoms with van der Waals surface area (Å²) in [7, 11) is 0. The molecule has 0 aliphatic carbocycles. The molecule has 0 amide bonds. The zero-order valence-corrected chi connectivity index (χ0v) is 13.8. The van der Waals surface area contributed by atoms with Gasteiger partial charge in [0.2, 0.25) is 0 Å². The normalized spacial score (nSPS) is 10.6. The average Bonchev–Trinajstić information content (AvgIpc) is 2.61. The molecule has 0 aliphatic rings. The van der Waals surface area contributed by atoms with Crippen LogP contribution >= 0.6 is 0 Å². The number of hydrogen-bond donors (Lipinski definition) is 0. The van der Waals surface area contributed by atoms with Gasteiger partial charge in [0, 0.05) is 17.5 Å². The second-order valence-electron chi connectivity index (χ2n) is 6.06. The Balaban J connectivity index is 2.13. The molecule has 0 fully saturated rings. The van der Waals surface area contributed by atoms with Gasteiger partial charge in [-0.3, -0.25) is 0 Å². The summed E-state index contributed by atoms with van der Waals surface area (Å²) in [4.78, 5) is 13.9. The number of rotatable bonds is 4. The van der Waals surface area contributed by atoms with Gasteiger partial charge in [-0.1, -0.05) is 56.3 Å². The first-order chi connectivity index (χ1) is 11.7. The van der Waals surface area contributed by atoms with Gasteiger partial charge < -0.3 is 0 Å². The van der Waals surface area contributed by atoms with Crippen molar-refractivity contribution in [3.05, 3.63) is 66.0 Å². The average molecular weight is 314 g/mol. The van der Waals surface area contributed by atoms with E-state index in [0.29, 0.717) is 23.1 Å². The summed E-state index contributed by atoms with van der Waals surface area (Å²) in [6, 6.07) is 19.4. The number of nitrogens with zero attached hydrogens (tertiary/aromatic N) is 4. The Morgan fingerprint density at radius 2 is 1.54 bits per heavy atom. The quantitative estimate of drug-likeness (QED) is 0.721. The molecule has 24 heavy (non-hydrogen) atoms. The van der Waals surface area contributed by atoms with E-state index in [4.69, 9.17) is 5.26 Å². The Bertz CT molecular complexity index is 880. The van der Waals surface area contributed by atoms with Crippen molar-refractivity contribution >= 4 is 0 Å². The molecular weight excluding hydrogens is 296 g/mol.